The van der Waals surface area contributed by atoms with E-state index in [2.05, 4.69) is 41.2 Å². The van der Waals surface area contributed by atoms with Crippen LogP contribution in [0, 0.1) is 23.2 Å². The van der Waals surface area contributed by atoms with Gasteiger partial charge in [0.1, 0.15) is 0 Å². The van der Waals surface area contributed by atoms with Crippen molar-refractivity contribution in [2.45, 2.75) is 53.9 Å². The van der Waals surface area contributed by atoms with Crippen molar-refractivity contribution >= 4 is 0 Å². The van der Waals surface area contributed by atoms with Crippen LogP contribution in [0.2, 0.25) is 0 Å². The van der Waals surface area contributed by atoms with Crippen molar-refractivity contribution in [2.24, 2.45) is 23.2 Å². The maximum absolute atomic E-state index is 4.32. The van der Waals surface area contributed by atoms with Crippen molar-refractivity contribution < 1.29 is 0 Å². The molecule has 1 aliphatic carbocycles. The minimum Gasteiger partial charge on any atom is -0.0993 e. The molecule has 2 unspecified atom stereocenters. The molecule has 0 N–H and O–H groups in total. The van der Waals surface area contributed by atoms with E-state index in [1.807, 2.05) is 0 Å². The fourth-order valence-electron chi connectivity index (χ4n) is 3.20. The maximum atomic E-state index is 4.32. The van der Waals surface area contributed by atoms with E-state index in [0.29, 0.717) is 11.3 Å². The Morgan fingerprint density at radius 2 is 1.93 bits per heavy atom. The van der Waals surface area contributed by atoms with Crippen LogP contribution < -0.4 is 0 Å². The second kappa shape index (κ2) is 4.08. The third-order valence-electron chi connectivity index (χ3n) is 4.03. The SMILES string of the molecule is C=C(C(C)C)C1C(C)CCCC1(C)C. The maximum Gasteiger partial charge on any atom is -0.0126 e. The average molecular weight is 194 g/mol. The molecule has 82 valence electrons. The van der Waals surface area contributed by atoms with Gasteiger partial charge >= 0.3 is 0 Å². The van der Waals surface area contributed by atoms with E-state index < -0.39 is 0 Å². The van der Waals surface area contributed by atoms with Gasteiger partial charge in [-0.2, -0.15) is 0 Å². The summed E-state index contributed by atoms with van der Waals surface area (Å²) in [5.41, 5.74) is 1.95. The van der Waals surface area contributed by atoms with Crippen LogP contribution in [0.1, 0.15) is 53.9 Å². The zero-order chi connectivity index (χ0) is 10.9. The molecular weight excluding hydrogens is 168 g/mol. The second-order valence-corrected chi connectivity index (χ2v) is 6.07. The molecule has 2 atom stereocenters. The van der Waals surface area contributed by atoms with Crippen LogP contribution in [-0.4, -0.2) is 0 Å². The first kappa shape index (κ1) is 11.8. The molecular formula is C14H26. The molecule has 0 bridgehead atoms. The van der Waals surface area contributed by atoms with Gasteiger partial charge in [-0.1, -0.05) is 59.6 Å². The Bertz CT molecular complexity index is 210. The highest BCUT2D eigenvalue weighted by atomic mass is 14.4. The lowest BCUT2D eigenvalue weighted by atomic mass is 9.60. The van der Waals surface area contributed by atoms with E-state index in [0.717, 1.165) is 11.8 Å². The van der Waals surface area contributed by atoms with Crippen molar-refractivity contribution in [2.75, 3.05) is 0 Å². The van der Waals surface area contributed by atoms with Crippen molar-refractivity contribution in [3.63, 3.8) is 0 Å². The lowest BCUT2D eigenvalue weighted by Crippen LogP contribution is -2.35. The summed E-state index contributed by atoms with van der Waals surface area (Å²) < 4.78 is 0. The molecule has 0 nitrogen and oxygen atoms in total. The summed E-state index contributed by atoms with van der Waals surface area (Å²) in [6.07, 6.45) is 4.16. The molecule has 0 spiro atoms. The van der Waals surface area contributed by atoms with E-state index in [1.165, 1.54) is 24.8 Å². The zero-order valence-electron chi connectivity index (χ0n) is 10.6. The summed E-state index contributed by atoms with van der Waals surface area (Å²) in [7, 11) is 0. The third-order valence-corrected chi connectivity index (χ3v) is 4.03. The molecule has 0 amide bonds. The van der Waals surface area contributed by atoms with Crippen molar-refractivity contribution in [1.82, 2.24) is 0 Å². The highest BCUT2D eigenvalue weighted by Gasteiger charge is 2.38. The molecule has 1 fully saturated rings. The predicted molar refractivity (Wildman–Crippen MR) is 64.3 cm³/mol. The fourth-order valence-corrected chi connectivity index (χ4v) is 3.20. The summed E-state index contributed by atoms with van der Waals surface area (Å²) >= 11 is 0. The third kappa shape index (κ3) is 2.21. The fraction of sp³-hybridized carbons (Fsp3) is 0.857. The van der Waals surface area contributed by atoms with Gasteiger partial charge in [0.15, 0.2) is 0 Å². The van der Waals surface area contributed by atoms with Gasteiger partial charge in [-0.15, -0.1) is 0 Å². The molecule has 0 aromatic rings. The highest BCUT2D eigenvalue weighted by Crippen LogP contribution is 2.48. The van der Waals surface area contributed by atoms with Crippen LogP contribution in [0.4, 0.5) is 0 Å². The van der Waals surface area contributed by atoms with Crippen molar-refractivity contribution in [3.05, 3.63) is 12.2 Å². The number of allylic oxidation sites excluding steroid dienone is 1. The summed E-state index contributed by atoms with van der Waals surface area (Å²) in [4.78, 5) is 0. The molecule has 0 radical (unpaired) electrons. The van der Waals surface area contributed by atoms with E-state index in [-0.39, 0.29) is 0 Å². The van der Waals surface area contributed by atoms with Crippen LogP contribution in [0.3, 0.4) is 0 Å². The van der Waals surface area contributed by atoms with E-state index in [9.17, 15) is 0 Å². The summed E-state index contributed by atoms with van der Waals surface area (Å²) in [5.74, 6) is 2.20. The normalized spacial score (nSPS) is 31.9. The molecule has 14 heavy (non-hydrogen) atoms. The van der Waals surface area contributed by atoms with Crippen molar-refractivity contribution in [1.29, 1.82) is 0 Å². The Kier molecular flexibility index (Phi) is 3.44. The lowest BCUT2D eigenvalue weighted by molar-refractivity contribution is 0.106. The molecule has 0 aliphatic heterocycles. The van der Waals surface area contributed by atoms with Gasteiger partial charge in [-0.05, 0) is 29.6 Å². The summed E-state index contributed by atoms with van der Waals surface area (Å²) in [5, 5.41) is 0. The number of rotatable bonds is 2. The number of hydrogen-bond acceptors (Lipinski definition) is 0. The van der Waals surface area contributed by atoms with Crippen LogP contribution in [-0.2, 0) is 0 Å². The number of hydrogen-bond donors (Lipinski definition) is 0. The Hall–Kier alpha value is -0.260. The Morgan fingerprint density at radius 3 is 2.36 bits per heavy atom. The second-order valence-electron chi connectivity index (χ2n) is 6.07. The van der Waals surface area contributed by atoms with Crippen LogP contribution in [0.15, 0.2) is 12.2 Å². The molecule has 1 saturated carbocycles. The van der Waals surface area contributed by atoms with Crippen molar-refractivity contribution in [3.8, 4) is 0 Å². The highest BCUT2D eigenvalue weighted by molar-refractivity contribution is 5.11. The van der Waals surface area contributed by atoms with E-state index in [4.69, 9.17) is 0 Å². The largest absolute Gasteiger partial charge is 0.0993 e. The van der Waals surface area contributed by atoms with Gasteiger partial charge in [-0.3, -0.25) is 0 Å². The molecule has 0 aromatic carbocycles. The first-order chi connectivity index (χ1) is 6.36. The standard InChI is InChI=1S/C14H26/c1-10(2)12(4)13-11(3)8-7-9-14(13,5)6/h10-11,13H,4,7-9H2,1-3,5-6H3. The Labute approximate surface area is 89.8 Å². The van der Waals surface area contributed by atoms with Gasteiger partial charge < -0.3 is 0 Å². The Balaban J connectivity index is 2.85. The summed E-state index contributed by atoms with van der Waals surface area (Å²) in [6, 6.07) is 0. The topological polar surface area (TPSA) is 0 Å². The quantitative estimate of drug-likeness (QED) is 0.561. The first-order valence-electron chi connectivity index (χ1n) is 6.05. The Morgan fingerprint density at radius 1 is 1.36 bits per heavy atom. The first-order valence-corrected chi connectivity index (χ1v) is 6.05. The molecule has 1 aliphatic rings. The van der Waals surface area contributed by atoms with Gasteiger partial charge in [0.05, 0.1) is 0 Å². The molecule has 1 rings (SSSR count). The molecule has 0 saturated heterocycles. The van der Waals surface area contributed by atoms with Crippen LogP contribution >= 0.6 is 0 Å². The minimum absolute atomic E-state index is 0.471. The molecule has 0 aromatic heterocycles. The van der Waals surface area contributed by atoms with Gasteiger partial charge in [0.25, 0.3) is 0 Å². The van der Waals surface area contributed by atoms with Gasteiger partial charge in [-0.25, -0.2) is 0 Å². The predicted octanol–water partition coefficient (Wildman–Crippen LogP) is 4.66. The minimum atomic E-state index is 0.471. The van der Waals surface area contributed by atoms with Gasteiger partial charge in [0.2, 0.25) is 0 Å². The van der Waals surface area contributed by atoms with E-state index >= 15 is 0 Å². The monoisotopic (exact) mass is 194 g/mol. The zero-order valence-corrected chi connectivity index (χ0v) is 10.6. The lowest BCUT2D eigenvalue weighted by Gasteiger charge is -2.45. The smallest absolute Gasteiger partial charge is 0.0126 e. The molecule has 0 heteroatoms. The van der Waals surface area contributed by atoms with Gasteiger partial charge in [0, 0.05) is 0 Å². The van der Waals surface area contributed by atoms with Crippen LogP contribution in [0.5, 0.6) is 0 Å². The van der Waals surface area contributed by atoms with Crippen LogP contribution in [0.25, 0.3) is 0 Å². The molecule has 0 heterocycles. The van der Waals surface area contributed by atoms with E-state index in [1.54, 1.807) is 0 Å². The summed E-state index contributed by atoms with van der Waals surface area (Å²) in [6.45, 7) is 16.1. The average Bonchev–Trinajstić information content (AvgIpc) is 2.01.